The van der Waals surface area contributed by atoms with E-state index < -0.39 is 15.8 Å². The van der Waals surface area contributed by atoms with Gasteiger partial charge in [-0.1, -0.05) is 6.07 Å². The summed E-state index contributed by atoms with van der Waals surface area (Å²) in [6, 6.07) is 3.60. The fraction of sp³-hybridized carbons (Fsp3) is 0.538. The molecular formula is C13H19FN2O3S. The molecule has 7 heteroatoms. The van der Waals surface area contributed by atoms with Crippen molar-refractivity contribution >= 4 is 10.0 Å². The molecule has 2 atom stereocenters. The highest BCUT2D eigenvalue weighted by Crippen LogP contribution is 2.24. The van der Waals surface area contributed by atoms with Crippen LogP contribution in [0, 0.1) is 5.82 Å². The monoisotopic (exact) mass is 302 g/mol. The zero-order valence-corrected chi connectivity index (χ0v) is 12.1. The fourth-order valence-electron chi connectivity index (χ4n) is 2.49. The van der Waals surface area contributed by atoms with E-state index in [-0.39, 0.29) is 23.6 Å². The Kier molecular flexibility index (Phi) is 4.74. The van der Waals surface area contributed by atoms with Crippen LogP contribution in [0.1, 0.15) is 24.8 Å². The van der Waals surface area contributed by atoms with Crippen LogP contribution in [0.5, 0.6) is 0 Å². The van der Waals surface area contributed by atoms with Gasteiger partial charge in [-0.25, -0.2) is 17.5 Å². The van der Waals surface area contributed by atoms with Crippen molar-refractivity contribution in [2.75, 3.05) is 7.11 Å². The molecular weight excluding hydrogens is 283 g/mol. The molecule has 1 aliphatic carbocycles. The van der Waals surface area contributed by atoms with Gasteiger partial charge >= 0.3 is 0 Å². The number of halogens is 1. The van der Waals surface area contributed by atoms with Crippen LogP contribution in [0.2, 0.25) is 0 Å². The first-order valence-corrected chi connectivity index (χ1v) is 8.00. The highest BCUT2D eigenvalue weighted by atomic mass is 32.2. The van der Waals surface area contributed by atoms with Gasteiger partial charge in [0.2, 0.25) is 10.0 Å². The third-order valence-electron chi connectivity index (χ3n) is 3.58. The lowest BCUT2D eigenvalue weighted by Gasteiger charge is -2.19. The maximum Gasteiger partial charge on any atom is 0.243 e. The van der Waals surface area contributed by atoms with Crippen molar-refractivity contribution in [3.05, 3.63) is 29.6 Å². The summed E-state index contributed by atoms with van der Waals surface area (Å²) >= 11 is 0. The van der Waals surface area contributed by atoms with Gasteiger partial charge in [-0.15, -0.1) is 0 Å². The summed E-state index contributed by atoms with van der Waals surface area (Å²) in [4.78, 5) is -0.351. The average Bonchev–Trinajstić information content (AvgIpc) is 2.84. The lowest BCUT2D eigenvalue weighted by atomic mass is 10.2. The Morgan fingerprint density at radius 2 is 2.20 bits per heavy atom. The molecule has 1 aromatic carbocycles. The van der Waals surface area contributed by atoms with Gasteiger partial charge in [-0.05, 0) is 37.0 Å². The Labute approximate surface area is 118 Å². The fourth-order valence-corrected chi connectivity index (χ4v) is 3.85. The first-order valence-electron chi connectivity index (χ1n) is 6.51. The Morgan fingerprint density at radius 1 is 1.45 bits per heavy atom. The second-order valence-corrected chi connectivity index (χ2v) is 6.58. The largest absolute Gasteiger partial charge is 0.380 e. The molecule has 0 spiro atoms. The van der Waals surface area contributed by atoms with Gasteiger partial charge in [0.05, 0.1) is 6.10 Å². The highest BCUT2D eigenvalue weighted by molar-refractivity contribution is 7.89. The molecule has 5 nitrogen and oxygen atoms in total. The minimum absolute atomic E-state index is 0.156. The number of hydrogen-bond acceptors (Lipinski definition) is 4. The van der Waals surface area contributed by atoms with Crippen LogP contribution in [0.3, 0.4) is 0 Å². The number of nitrogens with two attached hydrogens (primary N) is 1. The van der Waals surface area contributed by atoms with Crippen LogP contribution in [0.25, 0.3) is 0 Å². The van der Waals surface area contributed by atoms with E-state index in [4.69, 9.17) is 10.5 Å². The van der Waals surface area contributed by atoms with E-state index >= 15 is 0 Å². The minimum Gasteiger partial charge on any atom is -0.380 e. The van der Waals surface area contributed by atoms with Gasteiger partial charge < -0.3 is 10.5 Å². The number of methoxy groups -OCH3 is 1. The predicted molar refractivity (Wildman–Crippen MR) is 73.0 cm³/mol. The van der Waals surface area contributed by atoms with Gasteiger partial charge in [-0.3, -0.25) is 0 Å². The molecule has 1 aromatic rings. The van der Waals surface area contributed by atoms with E-state index in [1.165, 1.54) is 12.1 Å². The smallest absolute Gasteiger partial charge is 0.243 e. The van der Waals surface area contributed by atoms with E-state index in [1.54, 1.807) is 7.11 Å². The Morgan fingerprint density at radius 3 is 2.80 bits per heavy atom. The minimum atomic E-state index is -3.89. The molecule has 0 amide bonds. The second-order valence-electron chi connectivity index (χ2n) is 4.90. The summed E-state index contributed by atoms with van der Waals surface area (Å²) in [5.41, 5.74) is 5.95. The molecule has 20 heavy (non-hydrogen) atoms. The molecule has 0 heterocycles. The van der Waals surface area contributed by atoms with Crippen LogP contribution in [-0.4, -0.2) is 27.7 Å². The van der Waals surface area contributed by atoms with Gasteiger partial charge in [0.25, 0.3) is 0 Å². The van der Waals surface area contributed by atoms with Crippen LogP contribution >= 0.6 is 0 Å². The normalized spacial score (nSPS) is 23.1. The number of ether oxygens (including phenoxy) is 1. The lowest BCUT2D eigenvalue weighted by Crippen LogP contribution is -2.40. The van der Waals surface area contributed by atoms with E-state index in [0.717, 1.165) is 18.9 Å². The molecule has 1 fully saturated rings. The van der Waals surface area contributed by atoms with Crippen LogP contribution in [0.4, 0.5) is 4.39 Å². The molecule has 0 bridgehead atoms. The molecule has 0 radical (unpaired) electrons. The standard InChI is InChI=1S/C13H19FN2O3S/c1-19-12-4-2-3-11(12)16-20(17,18)13-6-5-9(8-15)7-10(13)14/h5-7,11-12,16H,2-4,8,15H2,1H3. The summed E-state index contributed by atoms with van der Waals surface area (Å²) in [7, 11) is -2.34. The topological polar surface area (TPSA) is 81.4 Å². The number of nitrogens with one attached hydrogen (secondary N) is 1. The SMILES string of the molecule is COC1CCCC1NS(=O)(=O)c1ccc(CN)cc1F. The van der Waals surface area contributed by atoms with Gasteiger partial charge in [-0.2, -0.15) is 0 Å². The Bertz CT molecular complexity index is 577. The molecule has 1 aliphatic rings. The zero-order valence-electron chi connectivity index (χ0n) is 11.3. The lowest BCUT2D eigenvalue weighted by molar-refractivity contribution is 0.0916. The molecule has 3 N–H and O–H groups in total. The zero-order chi connectivity index (χ0) is 14.8. The van der Waals surface area contributed by atoms with Crippen LogP contribution in [0.15, 0.2) is 23.1 Å². The van der Waals surface area contributed by atoms with Gasteiger partial charge in [0.15, 0.2) is 0 Å². The van der Waals surface area contributed by atoms with Crippen LogP contribution in [-0.2, 0) is 21.3 Å². The summed E-state index contributed by atoms with van der Waals surface area (Å²) in [6.07, 6.45) is 2.23. The van der Waals surface area contributed by atoms with E-state index in [1.807, 2.05) is 0 Å². The first-order chi connectivity index (χ1) is 9.47. The van der Waals surface area contributed by atoms with Gasteiger partial charge in [0, 0.05) is 19.7 Å². The van der Waals surface area contributed by atoms with E-state index in [9.17, 15) is 12.8 Å². The quantitative estimate of drug-likeness (QED) is 0.854. The molecule has 2 unspecified atom stereocenters. The predicted octanol–water partition coefficient (Wildman–Crippen LogP) is 1.13. The summed E-state index contributed by atoms with van der Waals surface area (Å²) < 4.78 is 46.1. The summed E-state index contributed by atoms with van der Waals surface area (Å²) in [5, 5.41) is 0. The third kappa shape index (κ3) is 3.17. The Hall–Kier alpha value is -1.02. The van der Waals surface area contributed by atoms with Crippen molar-refractivity contribution in [2.24, 2.45) is 5.73 Å². The van der Waals surface area contributed by atoms with Crippen LogP contribution < -0.4 is 10.5 Å². The van der Waals surface area contributed by atoms with Crippen molar-refractivity contribution in [1.29, 1.82) is 0 Å². The van der Waals surface area contributed by atoms with Gasteiger partial charge in [0.1, 0.15) is 10.7 Å². The number of sulfonamides is 1. The van der Waals surface area contributed by atoms with Crippen molar-refractivity contribution in [3.63, 3.8) is 0 Å². The van der Waals surface area contributed by atoms with Crippen molar-refractivity contribution < 1.29 is 17.5 Å². The molecule has 2 rings (SSSR count). The maximum absolute atomic E-state index is 13.9. The number of benzene rings is 1. The number of rotatable bonds is 5. The average molecular weight is 302 g/mol. The molecule has 0 aromatic heterocycles. The summed E-state index contributed by atoms with van der Waals surface area (Å²) in [5.74, 6) is -0.785. The molecule has 112 valence electrons. The van der Waals surface area contributed by atoms with E-state index in [0.29, 0.717) is 12.0 Å². The third-order valence-corrected chi connectivity index (χ3v) is 5.11. The van der Waals surface area contributed by atoms with Crippen molar-refractivity contribution in [1.82, 2.24) is 4.72 Å². The summed E-state index contributed by atoms with van der Waals surface area (Å²) in [6.45, 7) is 0.166. The van der Waals surface area contributed by atoms with E-state index in [2.05, 4.69) is 4.72 Å². The molecule has 1 saturated carbocycles. The van der Waals surface area contributed by atoms with Crippen molar-refractivity contribution in [3.8, 4) is 0 Å². The second kappa shape index (κ2) is 6.17. The molecule has 0 saturated heterocycles. The highest BCUT2D eigenvalue weighted by Gasteiger charge is 2.32. The Balaban J connectivity index is 2.22. The first kappa shape index (κ1) is 15.4. The maximum atomic E-state index is 13.9. The number of hydrogen-bond donors (Lipinski definition) is 2. The van der Waals surface area contributed by atoms with Crippen molar-refractivity contribution in [2.45, 2.75) is 42.8 Å². The molecule has 0 aliphatic heterocycles.